The molecule has 0 saturated heterocycles. The van der Waals surface area contributed by atoms with Gasteiger partial charge in [-0.1, -0.05) is 30.3 Å². The Morgan fingerprint density at radius 3 is 2.72 bits per heavy atom. The van der Waals surface area contributed by atoms with Crippen LogP contribution in [0.5, 0.6) is 5.75 Å². The molecule has 0 unspecified atom stereocenters. The first kappa shape index (κ1) is 20.4. The van der Waals surface area contributed by atoms with Crippen LogP contribution in [0, 0.1) is 0 Å². The van der Waals surface area contributed by atoms with Gasteiger partial charge in [0.15, 0.2) is 11.5 Å². The molecule has 0 aliphatic rings. The van der Waals surface area contributed by atoms with Crippen molar-refractivity contribution in [2.24, 2.45) is 0 Å². The van der Waals surface area contributed by atoms with Gasteiger partial charge in [0.1, 0.15) is 17.9 Å². The van der Waals surface area contributed by atoms with E-state index in [-0.39, 0.29) is 18.7 Å². The van der Waals surface area contributed by atoms with Gasteiger partial charge in [0.25, 0.3) is 0 Å². The summed E-state index contributed by atoms with van der Waals surface area (Å²) in [7, 11) is 0. The van der Waals surface area contributed by atoms with Crippen LogP contribution in [-0.4, -0.2) is 29.3 Å². The summed E-state index contributed by atoms with van der Waals surface area (Å²) >= 11 is 0. The zero-order valence-electron chi connectivity index (χ0n) is 15.9. The van der Waals surface area contributed by atoms with E-state index in [1.807, 2.05) is 18.2 Å². The van der Waals surface area contributed by atoms with Crippen molar-refractivity contribution in [3.05, 3.63) is 71.9 Å². The Morgan fingerprint density at radius 2 is 1.97 bits per heavy atom. The molecule has 152 valence electrons. The van der Waals surface area contributed by atoms with Crippen molar-refractivity contribution in [3.8, 4) is 5.75 Å². The zero-order valence-corrected chi connectivity index (χ0v) is 15.9. The fourth-order valence-corrected chi connectivity index (χ4v) is 2.89. The van der Waals surface area contributed by atoms with E-state index >= 15 is 0 Å². The molecule has 0 bridgehead atoms. The topological polar surface area (TPSA) is 84.6 Å². The molecule has 1 aromatic heterocycles. The molecule has 0 radical (unpaired) electrons. The first-order valence-corrected chi connectivity index (χ1v) is 9.45. The molecule has 0 fully saturated rings. The summed E-state index contributed by atoms with van der Waals surface area (Å²) in [5.74, 6) is 1.18. The largest absolute Gasteiger partial charge is 0.489 e. The van der Waals surface area contributed by atoms with E-state index in [2.05, 4.69) is 22.4 Å². The Kier molecular flexibility index (Phi) is 7.22. The quantitative estimate of drug-likeness (QED) is 0.475. The number of aromatic nitrogens is 1. The number of nitrogens with one attached hydrogen (secondary N) is 1. The molecule has 29 heavy (non-hydrogen) atoms. The second kappa shape index (κ2) is 10.3. The zero-order chi connectivity index (χ0) is 20.5. The molecular weight excluding hydrogens is 375 g/mol. The number of halogens is 1. The van der Waals surface area contributed by atoms with E-state index in [0.29, 0.717) is 23.6 Å². The number of aryl methyl sites for hydroxylation is 2. The third-order valence-corrected chi connectivity index (χ3v) is 4.40. The van der Waals surface area contributed by atoms with Crippen LogP contribution in [0.1, 0.15) is 24.3 Å². The Labute approximate surface area is 168 Å². The van der Waals surface area contributed by atoms with Crippen LogP contribution < -0.4 is 10.1 Å². The first-order valence-electron chi connectivity index (χ1n) is 9.45. The molecule has 0 aliphatic heterocycles. The molecule has 7 heteroatoms. The minimum atomic E-state index is -1.22. The molecule has 2 aromatic carbocycles. The summed E-state index contributed by atoms with van der Waals surface area (Å²) < 4.78 is 24.1. The van der Waals surface area contributed by atoms with Crippen LogP contribution in [0.25, 0.3) is 11.1 Å². The highest BCUT2D eigenvalue weighted by atomic mass is 19.1. The third kappa shape index (κ3) is 6.34. The summed E-state index contributed by atoms with van der Waals surface area (Å²) in [6.07, 6.45) is 2.94. The van der Waals surface area contributed by atoms with Gasteiger partial charge < -0.3 is 19.6 Å². The van der Waals surface area contributed by atoms with E-state index < -0.39 is 6.09 Å². The molecule has 3 rings (SSSR count). The molecule has 1 heterocycles. The number of fused-ring (bicyclic) bond motifs is 1. The van der Waals surface area contributed by atoms with Crippen molar-refractivity contribution in [2.75, 3.05) is 13.2 Å². The lowest BCUT2D eigenvalue weighted by Gasteiger charge is -2.08. The van der Waals surface area contributed by atoms with Crippen molar-refractivity contribution in [2.45, 2.75) is 25.7 Å². The lowest BCUT2D eigenvalue weighted by molar-refractivity contribution is 0.195. The van der Waals surface area contributed by atoms with Crippen LogP contribution in [0.2, 0.25) is 0 Å². The number of unbranched alkanes of at least 4 members (excludes halogenated alkanes) is 1. The maximum atomic E-state index is 12.8. The van der Waals surface area contributed by atoms with Crippen molar-refractivity contribution in [1.82, 2.24) is 10.3 Å². The Balaban J connectivity index is 1.50. The van der Waals surface area contributed by atoms with E-state index in [1.54, 1.807) is 18.2 Å². The molecule has 3 aromatic rings. The Hall–Kier alpha value is -3.35. The number of nitrogens with zero attached hydrogens (tertiary/aromatic N) is 1. The van der Waals surface area contributed by atoms with Gasteiger partial charge in [-0.25, -0.2) is 14.2 Å². The van der Waals surface area contributed by atoms with Gasteiger partial charge in [-0.3, -0.25) is 0 Å². The lowest BCUT2D eigenvalue weighted by Crippen LogP contribution is -2.25. The number of benzene rings is 2. The fraction of sp³-hybridized carbons (Fsp3) is 0.273. The van der Waals surface area contributed by atoms with Crippen LogP contribution in [0.15, 0.2) is 64.9 Å². The third-order valence-electron chi connectivity index (χ3n) is 4.40. The summed E-state index contributed by atoms with van der Waals surface area (Å²) in [6.45, 7) is -0.202. The molecule has 1 amide bonds. The number of ether oxygens (including phenoxy) is 1. The molecule has 0 spiro atoms. The molecule has 0 atom stereocenters. The number of hydrogen-bond donors (Lipinski definition) is 2. The van der Waals surface area contributed by atoms with Gasteiger partial charge in [0.05, 0.1) is 6.33 Å². The minimum absolute atomic E-state index is 0.0667. The fourth-order valence-electron chi connectivity index (χ4n) is 2.89. The van der Waals surface area contributed by atoms with Crippen molar-refractivity contribution in [1.29, 1.82) is 0 Å². The number of carbonyl (C=O) groups is 1. The monoisotopic (exact) mass is 398 g/mol. The summed E-state index contributed by atoms with van der Waals surface area (Å²) in [5.41, 5.74) is 2.86. The Bertz CT molecular complexity index is 969. The van der Waals surface area contributed by atoms with Crippen molar-refractivity contribution >= 4 is 17.2 Å². The second-order valence-electron chi connectivity index (χ2n) is 6.64. The normalized spacial score (nSPS) is 11.6. The molecule has 6 nitrogen and oxygen atoms in total. The number of oxazole rings is 1. The Morgan fingerprint density at radius 1 is 1.17 bits per heavy atom. The van der Waals surface area contributed by atoms with Gasteiger partial charge in [-0.05, 0) is 37.0 Å². The first-order chi connectivity index (χ1) is 14.1. The highest BCUT2D eigenvalue weighted by Crippen LogP contribution is 2.23. The molecule has 2 N–H and O–H groups in total. The van der Waals surface area contributed by atoms with Crippen molar-refractivity contribution in [3.63, 3.8) is 0 Å². The smallest absolute Gasteiger partial charge is 0.404 e. The SMILES string of the molecule is O=C(O)NC/C(=C\F)COc1ccc2nc(CCCCc3ccccc3)oc2c1. The standard InChI is InChI=1S/C22H23FN2O4/c23-13-17(14-24-22(26)27)15-28-18-10-11-19-20(12-18)29-21(25-19)9-5-4-8-16-6-2-1-3-7-16/h1-3,6-7,10-13,24H,4-5,8-9,14-15H2,(H,26,27)/b17-13+. The number of carboxylic acid groups (broad SMARTS) is 1. The summed E-state index contributed by atoms with van der Waals surface area (Å²) in [5, 5.41) is 10.7. The van der Waals surface area contributed by atoms with Crippen LogP contribution in [0.4, 0.5) is 9.18 Å². The van der Waals surface area contributed by atoms with Gasteiger partial charge in [-0.2, -0.15) is 0 Å². The van der Waals surface area contributed by atoms with Gasteiger partial charge in [0, 0.05) is 24.6 Å². The summed E-state index contributed by atoms with van der Waals surface area (Å²) in [6, 6.07) is 15.6. The van der Waals surface area contributed by atoms with E-state index in [9.17, 15) is 9.18 Å². The predicted molar refractivity (Wildman–Crippen MR) is 108 cm³/mol. The van der Waals surface area contributed by atoms with Crippen LogP contribution >= 0.6 is 0 Å². The van der Waals surface area contributed by atoms with Gasteiger partial charge in [0.2, 0.25) is 0 Å². The molecule has 0 aliphatic carbocycles. The van der Waals surface area contributed by atoms with Crippen LogP contribution in [-0.2, 0) is 12.8 Å². The highest BCUT2D eigenvalue weighted by molar-refractivity contribution is 5.74. The average molecular weight is 398 g/mol. The lowest BCUT2D eigenvalue weighted by atomic mass is 10.1. The highest BCUT2D eigenvalue weighted by Gasteiger charge is 2.08. The molecule has 0 saturated carbocycles. The average Bonchev–Trinajstić information content (AvgIpc) is 3.14. The minimum Gasteiger partial charge on any atom is -0.489 e. The predicted octanol–water partition coefficient (Wildman–Crippen LogP) is 4.89. The van der Waals surface area contributed by atoms with Crippen LogP contribution in [0.3, 0.4) is 0 Å². The maximum absolute atomic E-state index is 12.8. The maximum Gasteiger partial charge on any atom is 0.404 e. The number of amides is 1. The van der Waals surface area contributed by atoms with E-state index in [0.717, 1.165) is 31.2 Å². The number of rotatable bonds is 10. The van der Waals surface area contributed by atoms with Gasteiger partial charge >= 0.3 is 6.09 Å². The number of hydrogen-bond acceptors (Lipinski definition) is 4. The van der Waals surface area contributed by atoms with Crippen molar-refractivity contribution < 1.29 is 23.4 Å². The summed E-state index contributed by atoms with van der Waals surface area (Å²) in [4.78, 5) is 15.0. The van der Waals surface area contributed by atoms with E-state index in [1.165, 1.54) is 5.56 Å². The van der Waals surface area contributed by atoms with E-state index in [4.69, 9.17) is 14.3 Å². The second-order valence-corrected chi connectivity index (χ2v) is 6.64. The molecular formula is C22H23FN2O4. The van der Waals surface area contributed by atoms with Gasteiger partial charge in [-0.15, -0.1) is 0 Å².